The number of nitrogens with zero attached hydrogens (tertiary/aromatic N) is 4. The van der Waals surface area contributed by atoms with E-state index in [1.54, 1.807) is 23.5 Å². The van der Waals surface area contributed by atoms with Gasteiger partial charge in [-0.2, -0.15) is 0 Å². The fourth-order valence-electron chi connectivity index (χ4n) is 2.91. The fraction of sp³-hybridized carbons (Fsp3) is 0.190. The van der Waals surface area contributed by atoms with E-state index in [0.717, 1.165) is 0 Å². The summed E-state index contributed by atoms with van der Waals surface area (Å²) in [5.74, 6) is -0.620. The smallest absolute Gasteiger partial charge is 0.266 e. The third kappa shape index (κ3) is 4.80. The molecule has 2 heterocycles. The van der Waals surface area contributed by atoms with Crippen LogP contribution in [0.15, 0.2) is 61.2 Å². The summed E-state index contributed by atoms with van der Waals surface area (Å²) in [7, 11) is 0. The number of benzene rings is 2. The zero-order valence-electron chi connectivity index (χ0n) is 15.9. The molecule has 0 aliphatic heterocycles. The van der Waals surface area contributed by atoms with Gasteiger partial charge in [0.25, 0.3) is 5.91 Å². The Bertz CT molecular complexity index is 1130. The van der Waals surface area contributed by atoms with Crippen LogP contribution in [-0.2, 0) is 11.3 Å². The lowest BCUT2D eigenvalue weighted by molar-refractivity contribution is -0.120. The minimum atomic E-state index is -0.378. The summed E-state index contributed by atoms with van der Waals surface area (Å²) in [5.41, 5.74) is 0.628. The van der Waals surface area contributed by atoms with Crippen LogP contribution in [-0.4, -0.2) is 33.6 Å². The molecule has 0 atom stereocenters. The van der Waals surface area contributed by atoms with Crippen molar-refractivity contribution in [1.29, 1.82) is 0 Å². The number of anilines is 1. The molecule has 0 aliphatic rings. The molecule has 6 nitrogen and oxygen atoms in total. The lowest BCUT2D eigenvalue weighted by atomic mass is 10.3. The number of amides is 1. The van der Waals surface area contributed by atoms with Crippen LogP contribution < -0.4 is 9.64 Å². The summed E-state index contributed by atoms with van der Waals surface area (Å²) in [6.45, 7) is 0.870. The normalized spacial score (nSPS) is 11.0. The molecule has 4 rings (SSSR count). The van der Waals surface area contributed by atoms with Crippen LogP contribution in [0, 0.1) is 11.6 Å². The van der Waals surface area contributed by atoms with Crippen LogP contribution >= 0.6 is 11.3 Å². The number of ether oxygens (including phenoxy) is 1. The molecule has 30 heavy (non-hydrogen) atoms. The van der Waals surface area contributed by atoms with Crippen LogP contribution in [0.5, 0.6) is 5.75 Å². The fourth-order valence-corrected chi connectivity index (χ4v) is 3.95. The molecule has 9 heteroatoms. The number of rotatable bonds is 8. The number of imidazole rings is 1. The van der Waals surface area contributed by atoms with Gasteiger partial charge in [-0.1, -0.05) is 11.3 Å². The van der Waals surface area contributed by atoms with E-state index in [4.69, 9.17) is 4.74 Å². The lowest BCUT2D eigenvalue weighted by Gasteiger charge is -2.20. The van der Waals surface area contributed by atoms with Gasteiger partial charge in [-0.15, -0.1) is 0 Å². The van der Waals surface area contributed by atoms with Crippen molar-refractivity contribution in [2.45, 2.75) is 13.0 Å². The van der Waals surface area contributed by atoms with Gasteiger partial charge in [-0.05, 0) is 48.9 Å². The van der Waals surface area contributed by atoms with Crippen LogP contribution in [0.25, 0.3) is 10.2 Å². The first-order valence-electron chi connectivity index (χ1n) is 9.29. The van der Waals surface area contributed by atoms with E-state index in [0.29, 0.717) is 40.6 Å². The van der Waals surface area contributed by atoms with Gasteiger partial charge >= 0.3 is 0 Å². The van der Waals surface area contributed by atoms with Crippen molar-refractivity contribution < 1.29 is 18.3 Å². The number of carbonyl (C=O) groups is 1. The average molecular weight is 428 g/mol. The van der Waals surface area contributed by atoms with Gasteiger partial charge in [0.2, 0.25) is 0 Å². The number of thiazole rings is 1. The zero-order valence-corrected chi connectivity index (χ0v) is 16.7. The highest BCUT2D eigenvalue weighted by molar-refractivity contribution is 7.22. The van der Waals surface area contributed by atoms with Crippen molar-refractivity contribution >= 4 is 32.6 Å². The first kappa shape index (κ1) is 20.0. The Morgan fingerprint density at radius 2 is 1.93 bits per heavy atom. The van der Waals surface area contributed by atoms with Gasteiger partial charge in [-0.3, -0.25) is 9.69 Å². The Morgan fingerprint density at radius 3 is 2.70 bits per heavy atom. The monoisotopic (exact) mass is 428 g/mol. The molecule has 0 saturated carbocycles. The maximum atomic E-state index is 13.5. The molecular weight excluding hydrogens is 410 g/mol. The molecule has 0 spiro atoms. The van der Waals surface area contributed by atoms with Crippen molar-refractivity contribution in [2.75, 3.05) is 18.1 Å². The predicted octanol–water partition coefficient (Wildman–Crippen LogP) is 4.27. The van der Waals surface area contributed by atoms with E-state index in [9.17, 15) is 13.6 Å². The van der Waals surface area contributed by atoms with Crippen LogP contribution in [0.1, 0.15) is 6.42 Å². The molecule has 0 aliphatic carbocycles. The van der Waals surface area contributed by atoms with Crippen LogP contribution in [0.2, 0.25) is 0 Å². The van der Waals surface area contributed by atoms with Gasteiger partial charge in [-0.25, -0.2) is 18.7 Å². The second-order valence-corrected chi connectivity index (χ2v) is 7.56. The molecule has 2 aromatic carbocycles. The summed E-state index contributed by atoms with van der Waals surface area (Å²) in [6.07, 6.45) is 5.93. The number of hydrogen-bond acceptors (Lipinski definition) is 5. The first-order valence-corrected chi connectivity index (χ1v) is 10.1. The molecule has 0 N–H and O–H groups in total. The van der Waals surface area contributed by atoms with E-state index in [-0.39, 0.29) is 24.1 Å². The Labute approximate surface area is 175 Å². The van der Waals surface area contributed by atoms with Crippen molar-refractivity contribution in [2.24, 2.45) is 0 Å². The van der Waals surface area contributed by atoms with E-state index >= 15 is 0 Å². The molecule has 4 aromatic rings. The maximum absolute atomic E-state index is 13.5. The van der Waals surface area contributed by atoms with Gasteiger partial charge in [0, 0.05) is 25.5 Å². The van der Waals surface area contributed by atoms with Crippen molar-refractivity contribution in [3.05, 3.63) is 72.8 Å². The summed E-state index contributed by atoms with van der Waals surface area (Å²) in [6, 6.07) is 9.80. The summed E-state index contributed by atoms with van der Waals surface area (Å²) in [4.78, 5) is 23.0. The van der Waals surface area contributed by atoms with Crippen LogP contribution in [0.4, 0.5) is 13.9 Å². The van der Waals surface area contributed by atoms with E-state index in [2.05, 4.69) is 9.97 Å². The number of halogens is 2. The number of aromatic nitrogens is 3. The molecular formula is C21H18F2N4O2S. The van der Waals surface area contributed by atoms with E-state index in [1.165, 1.54) is 47.7 Å². The zero-order chi connectivity index (χ0) is 20.9. The molecule has 154 valence electrons. The topological polar surface area (TPSA) is 60.2 Å². The highest BCUT2D eigenvalue weighted by atomic mass is 32.1. The van der Waals surface area contributed by atoms with Crippen molar-refractivity contribution in [1.82, 2.24) is 14.5 Å². The number of carbonyl (C=O) groups excluding carboxylic acids is 1. The van der Waals surface area contributed by atoms with Gasteiger partial charge in [0.15, 0.2) is 11.7 Å². The largest absolute Gasteiger partial charge is 0.484 e. The standard InChI is InChI=1S/C21H18F2N4O2S/c22-15-2-5-17(6-3-15)29-13-20(28)27(10-1-9-26-11-8-24-14-26)21-25-18-7-4-16(23)12-19(18)30-21/h2-8,11-12,14H,1,9-10,13H2. The highest BCUT2D eigenvalue weighted by Crippen LogP contribution is 2.29. The Hall–Kier alpha value is -3.33. The van der Waals surface area contributed by atoms with Crippen molar-refractivity contribution in [3.63, 3.8) is 0 Å². The van der Waals surface area contributed by atoms with Gasteiger partial charge < -0.3 is 9.30 Å². The third-order valence-electron chi connectivity index (χ3n) is 4.40. The summed E-state index contributed by atoms with van der Waals surface area (Å²) < 4.78 is 34.7. The highest BCUT2D eigenvalue weighted by Gasteiger charge is 2.20. The summed E-state index contributed by atoms with van der Waals surface area (Å²) >= 11 is 1.25. The number of aryl methyl sites for hydroxylation is 1. The molecule has 1 amide bonds. The van der Waals surface area contributed by atoms with Crippen LogP contribution in [0.3, 0.4) is 0 Å². The SMILES string of the molecule is O=C(COc1ccc(F)cc1)N(CCCn1ccnc1)c1nc2ccc(F)cc2s1. The average Bonchev–Trinajstić information content (AvgIpc) is 3.40. The van der Waals surface area contributed by atoms with Gasteiger partial charge in [0.05, 0.1) is 16.5 Å². The molecule has 0 saturated heterocycles. The maximum Gasteiger partial charge on any atom is 0.266 e. The third-order valence-corrected chi connectivity index (χ3v) is 5.45. The van der Waals surface area contributed by atoms with E-state index < -0.39 is 0 Å². The van der Waals surface area contributed by atoms with Crippen molar-refractivity contribution in [3.8, 4) is 5.75 Å². The number of hydrogen-bond donors (Lipinski definition) is 0. The Morgan fingerprint density at radius 1 is 1.13 bits per heavy atom. The lowest BCUT2D eigenvalue weighted by Crippen LogP contribution is -2.36. The minimum absolute atomic E-state index is 0.221. The Balaban J connectivity index is 1.50. The predicted molar refractivity (Wildman–Crippen MR) is 111 cm³/mol. The van der Waals surface area contributed by atoms with Gasteiger partial charge in [0.1, 0.15) is 17.4 Å². The van der Waals surface area contributed by atoms with E-state index in [1.807, 2.05) is 10.8 Å². The molecule has 0 bridgehead atoms. The first-order chi connectivity index (χ1) is 14.6. The quantitative estimate of drug-likeness (QED) is 0.421. The number of fused-ring (bicyclic) bond motifs is 1. The summed E-state index contributed by atoms with van der Waals surface area (Å²) in [5, 5.41) is 0.480. The molecule has 0 fully saturated rings. The second kappa shape index (κ2) is 9.00. The Kier molecular flexibility index (Phi) is 5.99. The minimum Gasteiger partial charge on any atom is -0.484 e. The second-order valence-electron chi connectivity index (χ2n) is 6.55. The molecule has 0 unspecified atom stereocenters. The molecule has 2 aromatic heterocycles. The molecule has 0 radical (unpaired) electrons.